The van der Waals surface area contributed by atoms with Crippen molar-refractivity contribution in [2.45, 2.75) is 4.58 Å². The topological polar surface area (TPSA) is 104 Å². The van der Waals surface area contributed by atoms with E-state index < -0.39 is 11.9 Å². The lowest BCUT2D eigenvalue weighted by Crippen LogP contribution is -2.04. The van der Waals surface area contributed by atoms with E-state index in [2.05, 4.69) is 0 Å². The number of rotatable bonds is 8. The maximum absolute atomic E-state index is 10.6. The largest absolute Gasteiger partial charge is 0.504 e. The minimum atomic E-state index is -0.971. The van der Waals surface area contributed by atoms with E-state index in [0.29, 0.717) is 5.56 Å². The van der Waals surface area contributed by atoms with Gasteiger partial charge in [0.1, 0.15) is 0 Å². The SMILES string of the molecule is COc1cc(C(SCC(=O)O)SCC(=O)O)ccc1O. The van der Waals surface area contributed by atoms with Gasteiger partial charge in [0.15, 0.2) is 11.5 Å². The van der Waals surface area contributed by atoms with Crippen molar-refractivity contribution in [2.75, 3.05) is 18.6 Å². The van der Waals surface area contributed by atoms with Crippen LogP contribution < -0.4 is 4.74 Å². The van der Waals surface area contributed by atoms with Gasteiger partial charge in [-0.25, -0.2) is 0 Å². The number of hydrogen-bond donors (Lipinski definition) is 3. The number of hydrogen-bond acceptors (Lipinski definition) is 6. The first-order valence-corrected chi connectivity index (χ1v) is 7.57. The van der Waals surface area contributed by atoms with Crippen LogP contribution in [0.2, 0.25) is 0 Å². The molecule has 0 saturated carbocycles. The van der Waals surface area contributed by atoms with Gasteiger partial charge < -0.3 is 20.1 Å². The molecular formula is C12H14O6S2. The second-order valence-electron chi connectivity index (χ2n) is 3.67. The molecule has 0 amide bonds. The van der Waals surface area contributed by atoms with Crippen LogP contribution in [0.15, 0.2) is 18.2 Å². The zero-order chi connectivity index (χ0) is 15.1. The third-order valence-electron chi connectivity index (χ3n) is 2.19. The van der Waals surface area contributed by atoms with Crippen LogP contribution in [0.1, 0.15) is 10.1 Å². The first-order chi connectivity index (χ1) is 9.43. The van der Waals surface area contributed by atoms with Crippen LogP contribution in [0.4, 0.5) is 0 Å². The molecule has 0 heterocycles. The van der Waals surface area contributed by atoms with Gasteiger partial charge in [-0.1, -0.05) is 6.07 Å². The Morgan fingerprint density at radius 3 is 2.20 bits per heavy atom. The predicted octanol–water partition coefficient (Wildman–Crippen LogP) is 2.03. The molecule has 3 N–H and O–H groups in total. The Morgan fingerprint density at radius 2 is 1.75 bits per heavy atom. The molecule has 0 saturated heterocycles. The van der Waals surface area contributed by atoms with Crippen molar-refractivity contribution in [3.63, 3.8) is 0 Å². The highest BCUT2D eigenvalue weighted by Crippen LogP contribution is 2.41. The predicted molar refractivity (Wildman–Crippen MR) is 77.6 cm³/mol. The smallest absolute Gasteiger partial charge is 0.313 e. The van der Waals surface area contributed by atoms with Crippen LogP contribution in [0.5, 0.6) is 11.5 Å². The number of phenols is 1. The van der Waals surface area contributed by atoms with Crippen molar-refractivity contribution in [1.29, 1.82) is 0 Å². The number of ether oxygens (including phenoxy) is 1. The maximum Gasteiger partial charge on any atom is 0.313 e. The number of thioether (sulfide) groups is 2. The summed E-state index contributed by atoms with van der Waals surface area (Å²) in [6.07, 6.45) is 0. The molecule has 0 bridgehead atoms. The van der Waals surface area contributed by atoms with E-state index in [0.717, 1.165) is 23.5 Å². The molecule has 0 aliphatic heterocycles. The first kappa shape index (κ1) is 16.5. The zero-order valence-corrected chi connectivity index (χ0v) is 12.2. The molecule has 0 aliphatic carbocycles. The summed E-state index contributed by atoms with van der Waals surface area (Å²) in [6, 6.07) is 4.62. The molecule has 1 rings (SSSR count). The molecule has 0 atom stereocenters. The average Bonchev–Trinajstić information content (AvgIpc) is 2.39. The van der Waals surface area contributed by atoms with Crippen molar-refractivity contribution in [3.05, 3.63) is 23.8 Å². The Hall–Kier alpha value is -1.54. The highest BCUT2D eigenvalue weighted by Gasteiger charge is 2.18. The summed E-state index contributed by atoms with van der Waals surface area (Å²) in [7, 11) is 1.41. The summed E-state index contributed by atoms with van der Waals surface area (Å²) in [6.45, 7) is 0. The summed E-state index contributed by atoms with van der Waals surface area (Å²) in [5, 5.41) is 27.0. The van der Waals surface area contributed by atoms with E-state index in [1.807, 2.05) is 0 Å². The minimum absolute atomic E-state index is 0.0264. The van der Waals surface area contributed by atoms with E-state index in [-0.39, 0.29) is 27.6 Å². The van der Waals surface area contributed by atoms with E-state index in [1.165, 1.54) is 13.2 Å². The Morgan fingerprint density at radius 1 is 1.20 bits per heavy atom. The minimum Gasteiger partial charge on any atom is -0.504 e. The standard InChI is InChI=1S/C12H14O6S2/c1-18-9-4-7(2-3-8(9)13)12(19-5-10(14)15)20-6-11(16)17/h2-4,12-13H,5-6H2,1H3,(H,14,15)(H,16,17). The van der Waals surface area contributed by atoms with Crippen LogP contribution in [-0.2, 0) is 9.59 Å². The van der Waals surface area contributed by atoms with Crippen LogP contribution in [-0.4, -0.2) is 45.9 Å². The number of aliphatic carboxylic acids is 2. The van der Waals surface area contributed by atoms with Crippen molar-refractivity contribution in [2.24, 2.45) is 0 Å². The van der Waals surface area contributed by atoms with Gasteiger partial charge in [0.2, 0.25) is 0 Å². The van der Waals surface area contributed by atoms with E-state index in [9.17, 15) is 14.7 Å². The average molecular weight is 318 g/mol. The molecule has 8 heteroatoms. The fourth-order valence-corrected chi connectivity index (χ4v) is 3.43. The molecule has 20 heavy (non-hydrogen) atoms. The number of carboxylic acid groups (broad SMARTS) is 2. The van der Waals surface area contributed by atoms with Gasteiger partial charge in [-0.2, -0.15) is 0 Å². The van der Waals surface area contributed by atoms with Gasteiger partial charge in [-0.3, -0.25) is 9.59 Å². The molecule has 110 valence electrons. The van der Waals surface area contributed by atoms with Gasteiger partial charge in [0.25, 0.3) is 0 Å². The fourth-order valence-electron chi connectivity index (χ4n) is 1.38. The van der Waals surface area contributed by atoms with Gasteiger partial charge in [-0.15, -0.1) is 23.5 Å². The third kappa shape index (κ3) is 5.22. The molecular weight excluding hydrogens is 304 g/mol. The van der Waals surface area contributed by atoms with Crippen LogP contribution >= 0.6 is 23.5 Å². The van der Waals surface area contributed by atoms with E-state index in [1.54, 1.807) is 12.1 Å². The second-order valence-corrected chi connectivity index (χ2v) is 6.16. The Balaban J connectivity index is 2.89. The lowest BCUT2D eigenvalue weighted by atomic mass is 10.2. The van der Waals surface area contributed by atoms with Gasteiger partial charge in [-0.05, 0) is 17.7 Å². The summed E-state index contributed by atoms with van der Waals surface area (Å²) in [4.78, 5) is 21.3. The Bertz CT molecular complexity index is 473. The highest BCUT2D eigenvalue weighted by molar-refractivity contribution is 8.16. The summed E-state index contributed by atoms with van der Waals surface area (Å²) in [5.41, 5.74) is 0.692. The Kier molecular flexibility index (Phi) is 6.53. The monoisotopic (exact) mass is 318 g/mol. The first-order valence-electron chi connectivity index (χ1n) is 5.47. The molecule has 0 aliphatic rings. The number of carboxylic acids is 2. The van der Waals surface area contributed by atoms with Crippen LogP contribution in [0.3, 0.4) is 0 Å². The van der Waals surface area contributed by atoms with Crippen molar-refractivity contribution in [1.82, 2.24) is 0 Å². The second kappa shape index (κ2) is 7.91. The number of carbonyl (C=O) groups is 2. The van der Waals surface area contributed by atoms with Gasteiger partial charge in [0, 0.05) is 0 Å². The summed E-state index contributed by atoms with van der Waals surface area (Å²) in [5.74, 6) is -1.98. The molecule has 0 aromatic heterocycles. The van der Waals surface area contributed by atoms with Crippen molar-refractivity contribution >= 4 is 35.5 Å². The van der Waals surface area contributed by atoms with Crippen molar-refractivity contribution in [3.8, 4) is 11.5 Å². The van der Waals surface area contributed by atoms with Crippen LogP contribution in [0.25, 0.3) is 0 Å². The highest BCUT2D eigenvalue weighted by atomic mass is 32.2. The summed E-state index contributed by atoms with van der Waals surface area (Å²) < 4.78 is 4.62. The molecule has 0 fully saturated rings. The number of methoxy groups -OCH3 is 1. The third-order valence-corrected chi connectivity index (χ3v) is 4.99. The number of aromatic hydroxyl groups is 1. The quantitative estimate of drug-likeness (QED) is 0.626. The molecule has 0 unspecified atom stereocenters. The van der Waals surface area contributed by atoms with Crippen molar-refractivity contribution < 1.29 is 29.6 Å². The molecule has 1 aromatic rings. The number of phenolic OH excluding ortho intramolecular Hbond substituents is 1. The Labute approximate surface area is 124 Å². The molecule has 0 spiro atoms. The maximum atomic E-state index is 10.6. The summed E-state index contributed by atoms with van der Waals surface area (Å²) >= 11 is 2.23. The van der Waals surface area contributed by atoms with E-state index >= 15 is 0 Å². The lowest BCUT2D eigenvalue weighted by molar-refractivity contribution is -0.134. The van der Waals surface area contributed by atoms with Gasteiger partial charge in [0.05, 0.1) is 23.2 Å². The molecule has 0 radical (unpaired) electrons. The fraction of sp³-hybridized carbons (Fsp3) is 0.333. The molecule has 6 nitrogen and oxygen atoms in total. The number of benzene rings is 1. The molecule has 1 aromatic carbocycles. The van der Waals surface area contributed by atoms with Gasteiger partial charge >= 0.3 is 11.9 Å². The zero-order valence-electron chi connectivity index (χ0n) is 10.6. The van der Waals surface area contributed by atoms with E-state index in [4.69, 9.17) is 14.9 Å². The normalized spacial score (nSPS) is 10.5. The van der Waals surface area contributed by atoms with Crippen LogP contribution in [0, 0.1) is 0 Å². The lowest BCUT2D eigenvalue weighted by Gasteiger charge is -2.16.